The number of nitrogens with zero attached hydrogens (tertiary/aromatic N) is 1. The molecule has 2 heterocycles. The Bertz CT molecular complexity index is 833. The van der Waals surface area contributed by atoms with E-state index < -0.39 is 0 Å². The van der Waals surface area contributed by atoms with Crippen molar-refractivity contribution in [2.75, 3.05) is 13.2 Å². The van der Waals surface area contributed by atoms with Gasteiger partial charge in [0, 0.05) is 17.3 Å². The summed E-state index contributed by atoms with van der Waals surface area (Å²) >= 11 is 13.3. The van der Waals surface area contributed by atoms with Gasteiger partial charge in [0.15, 0.2) is 6.61 Å². The van der Waals surface area contributed by atoms with Crippen molar-refractivity contribution in [2.45, 2.75) is 6.42 Å². The van der Waals surface area contributed by atoms with Crippen LogP contribution in [0.1, 0.15) is 6.42 Å². The number of nitrogens with one attached hydrogen (secondary N) is 1. The number of allylic oxidation sites excluding steroid dienone is 1. The summed E-state index contributed by atoms with van der Waals surface area (Å²) in [6.07, 6.45) is 7.93. The second-order valence-corrected chi connectivity index (χ2v) is 6.51. The first-order chi connectivity index (χ1) is 11.6. The molecule has 0 aliphatic heterocycles. The van der Waals surface area contributed by atoms with Crippen molar-refractivity contribution in [1.29, 1.82) is 0 Å². The van der Waals surface area contributed by atoms with E-state index in [1.807, 2.05) is 17.5 Å². The molecule has 0 fully saturated rings. The Morgan fingerprint density at radius 2 is 2.29 bits per heavy atom. The molecule has 0 saturated heterocycles. The molecule has 0 aromatic carbocycles. The van der Waals surface area contributed by atoms with Crippen molar-refractivity contribution in [3.63, 3.8) is 0 Å². The van der Waals surface area contributed by atoms with E-state index >= 15 is 0 Å². The van der Waals surface area contributed by atoms with Gasteiger partial charge >= 0.3 is 0 Å². The first-order valence-electron chi connectivity index (χ1n) is 7.17. The van der Waals surface area contributed by atoms with Crippen molar-refractivity contribution in [2.24, 2.45) is 0 Å². The maximum absolute atomic E-state index is 11.8. The molecular weight excluding hydrogens is 367 g/mol. The average molecular weight is 383 g/mol. The van der Waals surface area contributed by atoms with Gasteiger partial charge in [-0.3, -0.25) is 4.79 Å². The lowest BCUT2D eigenvalue weighted by molar-refractivity contribution is -0.123. The second-order valence-electron chi connectivity index (χ2n) is 4.71. The number of amides is 1. The highest BCUT2D eigenvalue weighted by molar-refractivity contribution is 7.07. The highest BCUT2D eigenvalue weighted by Crippen LogP contribution is 2.24. The summed E-state index contributed by atoms with van der Waals surface area (Å²) in [5.41, 5.74) is 0. The number of hydrogen-bond donors (Lipinski definition) is 1. The van der Waals surface area contributed by atoms with Gasteiger partial charge in [-0.1, -0.05) is 41.9 Å². The summed E-state index contributed by atoms with van der Waals surface area (Å²) in [5, 5.41) is 6.63. The zero-order chi connectivity index (χ0) is 17.4. The van der Waals surface area contributed by atoms with Crippen LogP contribution < -0.4 is 19.8 Å². The zero-order valence-electron chi connectivity index (χ0n) is 12.8. The molecule has 2 aromatic heterocycles. The molecule has 0 aliphatic carbocycles. The van der Waals surface area contributed by atoms with E-state index in [2.05, 4.69) is 23.0 Å². The van der Waals surface area contributed by atoms with E-state index in [-0.39, 0.29) is 23.4 Å². The lowest BCUT2D eigenvalue weighted by atomic mass is 10.3. The van der Waals surface area contributed by atoms with E-state index in [0.717, 1.165) is 16.2 Å². The van der Waals surface area contributed by atoms with Crippen LogP contribution in [0.4, 0.5) is 0 Å². The number of ether oxygens (including phenoxy) is 1. The minimum absolute atomic E-state index is 0.151. The number of rotatable bonds is 7. The van der Waals surface area contributed by atoms with E-state index in [4.69, 9.17) is 27.9 Å². The van der Waals surface area contributed by atoms with Crippen LogP contribution >= 0.6 is 34.5 Å². The van der Waals surface area contributed by atoms with Crippen LogP contribution in [0.15, 0.2) is 36.4 Å². The fraction of sp³-hybridized carbons (Fsp3) is 0.176. The van der Waals surface area contributed by atoms with E-state index in [1.165, 1.54) is 12.3 Å². The molecule has 2 aromatic rings. The van der Waals surface area contributed by atoms with Gasteiger partial charge in [0.1, 0.15) is 5.02 Å². The van der Waals surface area contributed by atoms with E-state index in [9.17, 15) is 4.79 Å². The predicted molar refractivity (Wildman–Crippen MR) is 100 cm³/mol. The summed E-state index contributed by atoms with van der Waals surface area (Å²) in [6, 6.07) is 3.55. The topological polar surface area (TPSA) is 51.2 Å². The molecule has 2 rings (SSSR count). The Morgan fingerprint density at radius 3 is 3.04 bits per heavy atom. The van der Waals surface area contributed by atoms with Crippen molar-refractivity contribution >= 4 is 52.6 Å². The third kappa shape index (κ3) is 5.67. The lowest BCUT2D eigenvalue weighted by Gasteiger charge is -2.07. The SMILES string of the molecule is C=C/C=c1/scc/c1=C/CCNC(=O)COc1ncc(Cl)cc1Cl. The quantitative estimate of drug-likeness (QED) is 0.749. The van der Waals surface area contributed by atoms with Crippen LogP contribution in [0.5, 0.6) is 5.88 Å². The summed E-state index contributed by atoms with van der Waals surface area (Å²) in [6.45, 7) is 4.07. The van der Waals surface area contributed by atoms with Gasteiger partial charge < -0.3 is 10.1 Å². The van der Waals surface area contributed by atoms with Crippen molar-refractivity contribution in [3.05, 3.63) is 56.2 Å². The Labute approximate surface area is 154 Å². The van der Waals surface area contributed by atoms with Crippen molar-refractivity contribution in [1.82, 2.24) is 10.3 Å². The van der Waals surface area contributed by atoms with Crippen LogP contribution in [-0.2, 0) is 4.79 Å². The minimum atomic E-state index is -0.237. The van der Waals surface area contributed by atoms with Gasteiger partial charge in [0.25, 0.3) is 5.91 Å². The summed E-state index contributed by atoms with van der Waals surface area (Å²) in [5.74, 6) is -0.0509. The first-order valence-corrected chi connectivity index (χ1v) is 8.80. The second kappa shape index (κ2) is 9.47. The van der Waals surface area contributed by atoms with Crippen molar-refractivity contribution < 1.29 is 9.53 Å². The van der Waals surface area contributed by atoms with E-state index in [1.54, 1.807) is 17.4 Å². The fourth-order valence-corrected chi connectivity index (χ4v) is 3.13. The zero-order valence-corrected chi connectivity index (χ0v) is 15.1. The van der Waals surface area contributed by atoms with Crippen LogP contribution in [0, 0.1) is 0 Å². The molecule has 0 radical (unpaired) electrons. The van der Waals surface area contributed by atoms with Gasteiger partial charge in [0.05, 0.1) is 5.02 Å². The molecule has 0 aliphatic rings. The molecule has 0 unspecified atom stereocenters. The van der Waals surface area contributed by atoms with Gasteiger partial charge in [-0.2, -0.15) is 0 Å². The molecule has 126 valence electrons. The summed E-state index contributed by atoms with van der Waals surface area (Å²) in [4.78, 5) is 15.7. The van der Waals surface area contributed by atoms with Crippen LogP contribution in [-0.4, -0.2) is 24.0 Å². The number of thiophene rings is 1. The summed E-state index contributed by atoms with van der Waals surface area (Å²) in [7, 11) is 0. The van der Waals surface area contributed by atoms with Crippen LogP contribution in [0.2, 0.25) is 10.0 Å². The van der Waals surface area contributed by atoms with Crippen molar-refractivity contribution in [3.8, 4) is 5.88 Å². The molecule has 0 atom stereocenters. The predicted octanol–water partition coefficient (Wildman–Crippen LogP) is 2.78. The Hall–Kier alpha value is -1.82. The number of carbonyl (C=O) groups is 1. The van der Waals surface area contributed by atoms with E-state index in [0.29, 0.717) is 11.6 Å². The largest absolute Gasteiger partial charge is 0.467 e. The molecule has 0 spiro atoms. The highest BCUT2D eigenvalue weighted by atomic mass is 35.5. The highest BCUT2D eigenvalue weighted by Gasteiger charge is 2.07. The fourth-order valence-electron chi connectivity index (χ4n) is 1.87. The molecular formula is C17H16Cl2N2O2S. The number of pyridine rings is 1. The first kappa shape index (κ1) is 18.5. The lowest BCUT2D eigenvalue weighted by Crippen LogP contribution is -2.30. The number of hydrogen-bond acceptors (Lipinski definition) is 4. The number of carbonyl (C=O) groups excluding carboxylic acids is 1. The standard InChI is InChI=1S/C17H16Cl2N2O2S/c1-2-4-15-12(6-8-24-15)5-3-7-20-16(22)11-23-17-14(19)9-13(18)10-21-17/h2,4-6,8-10H,1,3,7,11H2,(H,20,22)/b12-5-,15-4+. The number of halogens is 2. The molecule has 1 N–H and O–H groups in total. The van der Waals surface area contributed by atoms with Crippen LogP contribution in [0.25, 0.3) is 12.2 Å². The maximum atomic E-state index is 11.8. The minimum Gasteiger partial charge on any atom is -0.467 e. The molecule has 1 amide bonds. The molecule has 0 saturated carbocycles. The molecule has 7 heteroatoms. The Morgan fingerprint density at radius 1 is 1.46 bits per heavy atom. The van der Waals surface area contributed by atoms with Gasteiger partial charge in [0.2, 0.25) is 5.88 Å². The Kier molecular flexibility index (Phi) is 7.31. The molecule has 0 bridgehead atoms. The summed E-state index contributed by atoms with van der Waals surface area (Å²) < 4.78 is 6.42. The van der Waals surface area contributed by atoms with Crippen LogP contribution in [0.3, 0.4) is 0 Å². The van der Waals surface area contributed by atoms with Gasteiger partial charge in [-0.25, -0.2) is 4.98 Å². The Balaban J connectivity index is 1.78. The van der Waals surface area contributed by atoms with Gasteiger partial charge in [-0.05, 0) is 35.2 Å². The van der Waals surface area contributed by atoms with Gasteiger partial charge in [-0.15, -0.1) is 11.3 Å². The monoisotopic (exact) mass is 382 g/mol. The third-order valence-electron chi connectivity index (χ3n) is 2.94. The normalized spacial score (nSPS) is 12.2. The third-order valence-corrected chi connectivity index (χ3v) is 4.32. The molecule has 24 heavy (non-hydrogen) atoms. The maximum Gasteiger partial charge on any atom is 0.258 e. The smallest absolute Gasteiger partial charge is 0.258 e. The molecule has 4 nitrogen and oxygen atoms in total. The number of aromatic nitrogens is 1. The average Bonchev–Trinajstić information content (AvgIpc) is 2.98.